The van der Waals surface area contributed by atoms with Crippen LogP contribution in [0.1, 0.15) is 5.56 Å². The zero-order valence-electron chi connectivity index (χ0n) is 12.5. The Labute approximate surface area is 135 Å². The highest BCUT2D eigenvalue weighted by molar-refractivity contribution is 6.31. The normalized spacial score (nSPS) is 10.1. The van der Waals surface area contributed by atoms with E-state index in [0.29, 0.717) is 29.7 Å². The van der Waals surface area contributed by atoms with Crippen LogP contribution in [-0.2, 0) is 0 Å². The molecule has 1 aromatic heterocycles. The van der Waals surface area contributed by atoms with E-state index in [9.17, 15) is 0 Å². The van der Waals surface area contributed by atoms with Gasteiger partial charge < -0.3 is 9.64 Å². The smallest absolute Gasteiger partial charge is 0.224 e. The molecule has 114 valence electrons. The number of nitrogens with zero attached hydrogens (tertiary/aromatic N) is 3. The van der Waals surface area contributed by atoms with Crippen molar-refractivity contribution in [1.82, 2.24) is 9.97 Å². The van der Waals surface area contributed by atoms with E-state index in [1.165, 1.54) is 6.33 Å². The third-order valence-corrected chi connectivity index (χ3v) is 3.43. The first-order valence-corrected chi connectivity index (χ1v) is 7.24. The van der Waals surface area contributed by atoms with Crippen molar-refractivity contribution < 1.29 is 4.74 Å². The van der Waals surface area contributed by atoms with Crippen molar-refractivity contribution in [3.05, 3.63) is 66.5 Å². The van der Waals surface area contributed by atoms with E-state index in [2.05, 4.69) is 23.1 Å². The van der Waals surface area contributed by atoms with Gasteiger partial charge in [-0.25, -0.2) is 9.97 Å². The van der Waals surface area contributed by atoms with Crippen LogP contribution in [0.4, 0.5) is 5.82 Å². The maximum Gasteiger partial charge on any atom is 0.224 e. The van der Waals surface area contributed by atoms with E-state index in [1.807, 2.05) is 36.1 Å². The van der Waals surface area contributed by atoms with E-state index in [-0.39, 0.29) is 0 Å². The van der Waals surface area contributed by atoms with Crippen LogP contribution in [0.2, 0.25) is 5.02 Å². The monoisotopic (exact) mass is 315 g/mol. The Morgan fingerprint density at radius 1 is 1.18 bits per heavy atom. The molecule has 0 N–H and O–H groups in total. The van der Waals surface area contributed by atoms with Gasteiger partial charge in [-0.3, -0.25) is 0 Å². The number of ether oxygens (including phenoxy) is 1. The van der Waals surface area contributed by atoms with Crippen molar-refractivity contribution in [2.75, 3.05) is 18.0 Å². The molecular formula is C17H18ClN3O. The van der Waals surface area contributed by atoms with Crippen LogP contribution in [0.25, 0.3) is 0 Å². The van der Waals surface area contributed by atoms with Crippen LogP contribution >= 0.6 is 11.6 Å². The van der Waals surface area contributed by atoms with Crippen LogP contribution in [0.5, 0.6) is 11.6 Å². The predicted octanol–water partition coefficient (Wildman–Crippen LogP) is 4.41. The fraction of sp³-hybridized carbons (Fsp3) is 0.176. The topological polar surface area (TPSA) is 38.2 Å². The largest absolute Gasteiger partial charge is 0.439 e. The second-order valence-electron chi connectivity index (χ2n) is 4.71. The van der Waals surface area contributed by atoms with E-state index < -0.39 is 0 Å². The molecule has 0 radical (unpaired) electrons. The average Bonchev–Trinajstić information content (AvgIpc) is 2.51. The van der Waals surface area contributed by atoms with Crippen LogP contribution in [-0.4, -0.2) is 23.1 Å². The Kier molecular flexibility index (Phi) is 5.55. The minimum atomic E-state index is 0.477. The van der Waals surface area contributed by atoms with Crippen molar-refractivity contribution in [3.8, 4) is 11.6 Å². The lowest BCUT2D eigenvalue weighted by molar-refractivity contribution is 0.461. The second-order valence-corrected chi connectivity index (χ2v) is 5.12. The third kappa shape index (κ3) is 4.09. The van der Waals surface area contributed by atoms with Crippen molar-refractivity contribution in [2.45, 2.75) is 6.92 Å². The van der Waals surface area contributed by atoms with Gasteiger partial charge in [-0.15, -0.1) is 13.2 Å². The molecule has 1 aromatic carbocycles. The molecular weight excluding hydrogens is 298 g/mol. The summed E-state index contributed by atoms with van der Waals surface area (Å²) in [6, 6.07) is 7.27. The first kappa shape index (κ1) is 16.0. The zero-order chi connectivity index (χ0) is 15.9. The molecule has 5 heteroatoms. The highest BCUT2D eigenvalue weighted by Crippen LogP contribution is 2.26. The molecule has 0 amide bonds. The van der Waals surface area contributed by atoms with Crippen LogP contribution < -0.4 is 9.64 Å². The Balaban J connectivity index is 2.21. The summed E-state index contributed by atoms with van der Waals surface area (Å²) in [5.41, 5.74) is 0.952. The Bertz CT molecular complexity index is 663. The minimum absolute atomic E-state index is 0.477. The molecule has 0 saturated heterocycles. The second kappa shape index (κ2) is 7.61. The lowest BCUT2D eigenvalue weighted by Crippen LogP contribution is -2.24. The first-order chi connectivity index (χ1) is 10.6. The van der Waals surface area contributed by atoms with E-state index in [0.717, 1.165) is 11.4 Å². The molecule has 0 unspecified atom stereocenters. The summed E-state index contributed by atoms with van der Waals surface area (Å²) < 4.78 is 5.77. The fourth-order valence-electron chi connectivity index (χ4n) is 1.93. The maximum atomic E-state index is 6.01. The number of halogens is 1. The van der Waals surface area contributed by atoms with Crippen molar-refractivity contribution in [1.29, 1.82) is 0 Å². The molecule has 0 aliphatic heterocycles. The highest BCUT2D eigenvalue weighted by atomic mass is 35.5. The number of aryl methyl sites for hydroxylation is 1. The van der Waals surface area contributed by atoms with Gasteiger partial charge in [0.1, 0.15) is 17.9 Å². The van der Waals surface area contributed by atoms with Crippen molar-refractivity contribution >= 4 is 17.4 Å². The SMILES string of the molecule is C=CCN(CC=C)c1cc(Oc2ccc(Cl)c(C)c2)ncn1. The van der Waals surface area contributed by atoms with Gasteiger partial charge >= 0.3 is 0 Å². The molecule has 2 aromatic rings. The summed E-state index contributed by atoms with van der Waals surface area (Å²) in [7, 11) is 0. The Morgan fingerprint density at radius 2 is 1.91 bits per heavy atom. The molecule has 0 atom stereocenters. The van der Waals surface area contributed by atoms with Crippen molar-refractivity contribution in [2.24, 2.45) is 0 Å². The molecule has 0 spiro atoms. The van der Waals surface area contributed by atoms with Gasteiger partial charge in [0, 0.05) is 24.2 Å². The predicted molar refractivity (Wildman–Crippen MR) is 90.9 cm³/mol. The zero-order valence-corrected chi connectivity index (χ0v) is 13.3. The quantitative estimate of drug-likeness (QED) is 0.709. The average molecular weight is 316 g/mol. The molecule has 1 heterocycles. The van der Waals surface area contributed by atoms with Gasteiger partial charge in [0.2, 0.25) is 5.88 Å². The lowest BCUT2D eigenvalue weighted by Gasteiger charge is -2.20. The highest BCUT2D eigenvalue weighted by Gasteiger charge is 2.08. The molecule has 0 saturated carbocycles. The molecule has 4 nitrogen and oxygen atoms in total. The number of hydrogen-bond acceptors (Lipinski definition) is 4. The molecule has 22 heavy (non-hydrogen) atoms. The minimum Gasteiger partial charge on any atom is -0.439 e. The van der Waals surface area contributed by atoms with Gasteiger partial charge in [0.05, 0.1) is 0 Å². The first-order valence-electron chi connectivity index (χ1n) is 6.87. The standard InChI is InChI=1S/C17H18ClN3O/c1-4-8-21(9-5-2)16-11-17(20-12-19-16)22-14-6-7-15(18)13(3)10-14/h4-7,10-12H,1-2,8-9H2,3H3. The van der Waals surface area contributed by atoms with Gasteiger partial charge in [-0.2, -0.15) is 0 Å². The summed E-state index contributed by atoms with van der Waals surface area (Å²) in [6.07, 6.45) is 5.11. The molecule has 2 rings (SSSR count). The van der Waals surface area contributed by atoms with E-state index >= 15 is 0 Å². The van der Waals surface area contributed by atoms with E-state index in [1.54, 1.807) is 12.1 Å². The van der Waals surface area contributed by atoms with Crippen LogP contribution in [0.3, 0.4) is 0 Å². The van der Waals surface area contributed by atoms with Gasteiger partial charge in [-0.1, -0.05) is 23.8 Å². The molecule has 0 aliphatic rings. The third-order valence-electron chi connectivity index (χ3n) is 3.00. The Hall–Kier alpha value is -2.33. The lowest BCUT2D eigenvalue weighted by atomic mass is 10.2. The van der Waals surface area contributed by atoms with E-state index in [4.69, 9.17) is 16.3 Å². The van der Waals surface area contributed by atoms with Gasteiger partial charge in [-0.05, 0) is 30.7 Å². The summed E-state index contributed by atoms with van der Waals surface area (Å²) in [5, 5.41) is 0.707. The van der Waals surface area contributed by atoms with Crippen LogP contribution in [0, 0.1) is 6.92 Å². The van der Waals surface area contributed by atoms with Crippen LogP contribution in [0.15, 0.2) is 55.9 Å². The van der Waals surface area contributed by atoms with Gasteiger partial charge in [0.25, 0.3) is 0 Å². The number of aromatic nitrogens is 2. The summed E-state index contributed by atoms with van der Waals surface area (Å²) in [5.74, 6) is 1.92. The maximum absolute atomic E-state index is 6.01. The van der Waals surface area contributed by atoms with Gasteiger partial charge in [0.15, 0.2) is 0 Å². The molecule has 0 fully saturated rings. The van der Waals surface area contributed by atoms with Crippen molar-refractivity contribution in [3.63, 3.8) is 0 Å². The Morgan fingerprint density at radius 3 is 2.55 bits per heavy atom. The molecule has 0 aliphatic carbocycles. The fourth-order valence-corrected chi connectivity index (χ4v) is 2.05. The number of benzene rings is 1. The summed E-state index contributed by atoms with van der Waals surface area (Å²) in [6.45, 7) is 10.8. The number of rotatable bonds is 7. The number of hydrogen-bond donors (Lipinski definition) is 0. The summed E-state index contributed by atoms with van der Waals surface area (Å²) in [4.78, 5) is 10.4. The summed E-state index contributed by atoms with van der Waals surface area (Å²) >= 11 is 6.01. The molecule has 0 bridgehead atoms. The number of anilines is 1.